The van der Waals surface area contributed by atoms with Crippen LogP contribution in [0.15, 0.2) is 29.6 Å². The molecule has 1 aromatic carbocycles. The molecule has 1 aromatic heterocycles. The molecule has 1 aliphatic rings. The fourth-order valence-electron chi connectivity index (χ4n) is 3.39. The van der Waals surface area contributed by atoms with Gasteiger partial charge in [-0.3, -0.25) is 0 Å². The zero-order chi connectivity index (χ0) is 13.1. The maximum absolute atomic E-state index is 3.78. The van der Waals surface area contributed by atoms with Crippen LogP contribution in [0, 0.1) is 0 Å². The highest BCUT2D eigenvalue weighted by Crippen LogP contribution is 2.38. The molecule has 1 heterocycles. The van der Waals surface area contributed by atoms with Gasteiger partial charge >= 0.3 is 0 Å². The molecule has 0 bridgehead atoms. The second-order valence-corrected chi connectivity index (χ2v) is 6.55. The Hall–Kier alpha value is -0.860. The molecule has 0 saturated heterocycles. The van der Waals surface area contributed by atoms with E-state index in [9.17, 15) is 0 Å². The molecule has 102 valence electrons. The van der Waals surface area contributed by atoms with Crippen molar-refractivity contribution in [2.24, 2.45) is 0 Å². The number of benzene rings is 1. The number of nitrogens with one attached hydrogen (secondary N) is 1. The third kappa shape index (κ3) is 2.70. The SMILES string of the molecule is CCCNC1CCCCC1c1cccc2ccsc12. The Bertz CT molecular complexity index is 531. The summed E-state index contributed by atoms with van der Waals surface area (Å²) < 4.78 is 1.51. The molecule has 1 fully saturated rings. The van der Waals surface area contributed by atoms with E-state index in [-0.39, 0.29) is 0 Å². The van der Waals surface area contributed by atoms with Gasteiger partial charge in [0.15, 0.2) is 0 Å². The molecule has 2 unspecified atom stereocenters. The Labute approximate surface area is 120 Å². The van der Waals surface area contributed by atoms with Gasteiger partial charge in [0.25, 0.3) is 0 Å². The average Bonchev–Trinajstić information content (AvgIpc) is 2.94. The maximum Gasteiger partial charge on any atom is 0.0378 e. The lowest BCUT2D eigenvalue weighted by atomic mass is 9.79. The topological polar surface area (TPSA) is 12.0 Å². The summed E-state index contributed by atoms with van der Waals surface area (Å²) in [7, 11) is 0. The van der Waals surface area contributed by atoms with E-state index in [4.69, 9.17) is 0 Å². The van der Waals surface area contributed by atoms with Crippen molar-refractivity contribution in [2.75, 3.05) is 6.54 Å². The number of fused-ring (bicyclic) bond motifs is 1. The van der Waals surface area contributed by atoms with Gasteiger partial charge in [0.2, 0.25) is 0 Å². The molecular weight excluding hydrogens is 250 g/mol. The minimum Gasteiger partial charge on any atom is -0.313 e. The van der Waals surface area contributed by atoms with Gasteiger partial charge < -0.3 is 5.32 Å². The van der Waals surface area contributed by atoms with Crippen molar-refractivity contribution >= 4 is 21.4 Å². The fourth-order valence-corrected chi connectivity index (χ4v) is 4.36. The Kier molecular flexibility index (Phi) is 4.19. The van der Waals surface area contributed by atoms with Crippen molar-refractivity contribution in [2.45, 2.75) is 51.0 Å². The normalized spacial score (nSPS) is 23.8. The third-order valence-electron chi connectivity index (χ3n) is 4.33. The van der Waals surface area contributed by atoms with Crippen LogP contribution in [0.1, 0.15) is 50.5 Å². The second kappa shape index (κ2) is 6.06. The summed E-state index contributed by atoms with van der Waals surface area (Å²) in [5.74, 6) is 0.711. The largest absolute Gasteiger partial charge is 0.313 e. The zero-order valence-corrected chi connectivity index (χ0v) is 12.5. The Morgan fingerprint density at radius 1 is 1.21 bits per heavy atom. The summed E-state index contributed by atoms with van der Waals surface area (Å²) in [6.07, 6.45) is 6.69. The van der Waals surface area contributed by atoms with Crippen molar-refractivity contribution in [1.29, 1.82) is 0 Å². The van der Waals surface area contributed by atoms with Gasteiger partial charge in [-0.1, -0.05) is 38.0 Å². The van der Waals surface area contributed by atoms with Crippen LogP contribution in [0.25, 0.3) is 10.1 Å². The Morgan fingerprint density at radius 3 is 3.00 bits per heavy atom. The minimum absolute atomic E-state index is 0.682. The molecule has 0 amide bonds. The van der Waals surface area contributed by atoms with E-state index >= 15 is 0 Å². The molecule has 1 nitrogen and oxygen atoms in total. The lowest BCUT2D eigenvalue weighted by Gasteiger charge is -2.33. The van der Waals surface area contributed by atoms with Crippen molar-refractivity contribution in [3.8, 4) is 0 Å². The van der Waals surface area contributed by atoms with Gasteiger partial charge in [-0.25, -0.2) is 0 Å². The minimum atomic E-state index is 0.682. The standard InChI is InChI=1S/C17H23NS/c1-2-11-18-16-9-4-3-7-14(16)15-8-5-6-13-10-12-19-17(13)15/h5-6,8,10,12,14,16,18H,2-4,7,9,11H2,1H3. The maximum atomic E-state index is 3.78. The van der Waals surface area contributed by atoms with Gasteiger partial charge in [0.1, 0.15) is 0 Å². The third-order valence-corrected chi connectivity index (χ3v) is 5.31. The van der Waals surface area contributed by atoms with Crippen LogP contribution < -0.4 is 5.32 Å². The number of rotatable bonds is 4. The van der Waals surface area contributed by atoms with E-state index in [1.807, 2.05) is 11.3 Å². The van der Waals surface area contributed by atoms with Crippen LogP contribution in [0.3, 0.4) is 0 Å². The van der Waals surface area contributed by atoms with Crippen LogP contribution in [0.2, 0.25) is 0 Å². The molecule has 1 aliphatic carbocycles. The molecule has 2 heteroatoms. The molecule has 19 heavy (non-hydrogen) atoms. The first-order valence-corrected chi connectivity index (χ1v) is 8.47. The molecule has 0 aliphatic heterocycles. The number of thiophene rings is 1. The highest BCUT2D eigenvalue weighted by molar-refractivity contribution is 7.17. The van der Waals surface area contributed by atoms with E-state index in [0.29, 0.717) is 12.0 Å². The van der Waals surface area contributed by atoms with Gasteiger partial charge in [0, 0.05) is 16.7 Å². The summed E-state index contributed by atoms with van der Waals surface area (Å²) in [5.41, 5.74) is 1.58. The molecular formula is C17H23NS. The second-order valence-electron chi connectivity index (χ2n) is 5.64. The monoisotopic (exact) mass is 273 g/mol. The van der Waals surface area contributed by atoms with Crippen molar-refractivity contribution < 1.29 is 0 Å². The molecule has 0 radical (unpaired) electrons. The summed E-state index contributed by atoms with van der Waals surface area (Å²) in [5, 5.41) is 7.43. The zero-order valence-electron chi connectivity index (χ0n) is 11.7. The molecule has 0 spiro atoms. The molecule has 1 saturated carbocycles. The first-order valence-electron chi connectivity index (χ1n) is 7.59. The van der Waals surface area contributed by atoms with Gasteiger partial charge in [0.05, 0.1) is 0 Å². The Balaban J connectivity index is 1.91. The molecule has 2 atom stereocenters. The fraction of sp³-hybridized carbons (Fsp3) is 0.529. The summed E-state index contributed by atoms with van der Waals surface area (Å²) in [4.78, 5) is 0. The van der Waals surface area contributed by atoms with Crippen LogP contribution in [-0.4, -0.2) is 12.6 Å². The van der Waals surface area contributed by atoms with E-state index in [1.165, 1.54) is 42.2 Å². The summed E-state index contributed by atoms with van der Waals surface area (Å²) in [6.45, 7) is 3.41. The molecule has 3 rings (SSSR count). The smallest absolute Gasteiger partial charge is 0.0378 e. The number of hydrogen-bond donors (Lipinski definition) is 1. The first kappa shape index (κ1) is 13.1. The van der Waals surface area contributed by atoms with E-state index in [0.717, 1.165) is 6.54 Å². The predicted octanol–water partition coefficient (Wildman–Crippen LogP) is 4.93. The summed E-state index contributed by atoms with van der Waals surface area (Å²) in [6, 6.07) is 9.76. The summed E-state index contributed by atoms with van der Waals surface area (Å²) >= 11 is 1.91. The lowest BCUT2D eigenvalue weighted by molar-refractivity contribution is 0.330. The highest BCUT2D eigenvalue weighted by atomic mass is 32.1. The predicted molar refractivity (Wildman–Crippen MR) is 85.1 cm³/mol. The van der Waals surface area contributed by atoms with Gasteiger partial charge in [-0.05, 0) is 48.2 Å². The van der Waals surface area contributed by atoms with Gasteiger partial charge in [-0.2, -0.15) is 0 Å². The van der Waals surface area contributed by atoms with E-state index in [2.05, 4.69) is 41.9 Å². The van der Waals surface area contributed by atoms with Crippen molar-refractivity contribution in [1.82, 2.24) is 5.32 Å². The first-order chi connectivity index (χ1) is 9.40. The number of hydrogen-bond acceptors (Lipinski definition) is 2. The van der Waals surface area contributed by atoms with E-state index in [1.54, 1.807) is 5.56 Å². The van der Waals surface area contributed by atoms with Crippen LogP contribution in [-0.2, 0) is 0 Å². The van der Waals surface area contributed by atoms with Gasteiger partial charge in [-0.15, -0.1) is 11.3 Å². The van der Waals surface area contributed by atoms with Crippen LogP contribution in [0.4, 0.5) is 0 Å². The molecule has 2 aromatic rings. The average molecular weight is 273 g/mol. The molecule has 1 N–H and O–H groups in total. The van der Waals surface area contributed by atoms with E-state index < -0.39 is 0 Å². The quantitative estimate of drug-likeness (QED) is 0.833. The van der Waals surface area contributed by atoms with Crippen molar-refractivity contribution in [3.63, 3.8) is 0 Å². The lowest BCUT2D eigenvalue weighted by Crippen LogP contribution is -2.37. The van der Waals surface area contributed by atoms with Crippen molar-refractivity contribution in [3.05, 3.63) is 35.2 Å². The highest BCUT2D eigenvalue weighted by Gasteiger charge is 2.27. The Morgan fingerprint density at radius 2 is 2.11 bits per heavy atom. The van der Waals surface area contributed by atoms with Crippen LogP contribution in [0.5, 0.6) is 0 Å². The van der Waals surface area contributed by atoms with Crippen LogP contribution >= 0.6 is 11.3 Å².